The maximum Gasteiger partial charge on any atom is 0.258 e. The summed E-state index contributed by atoms with van der Waals surface area (Å²) < 4.78 is 10.1. The van der Waals surface area contributed by atoms with Crippen LogP contribution in [0.25, 0.3) is 0 Å². The average Bonchev–Trinajstić information content (AvgIpc) is 2.53. The van der Waals surface area contributed by atoms with Gasteiger partial charge in [0.05, 0.1) is 14.2 Å². The fraction of sp³-hybridized carbons (Fsp3) is 0.188. The minimum atomic E-state index is -0.235. The van der Waals surface area contributed by atoms with Gasteiger partial charge in [0, 0.05) is 24.4 Å². The Bertz CT molecular complexity index is 654. The molecule has 1 N–H and O–H groups in total. The SMILES string of the molecule is COc1cccc(N(C)C(=O)c2ccc(OC)c(O)c2)c1. The molecule has 0 saturated heterocycles. The zero-order valence-corrected chi connectivity index (χ0v) is 12.2. The number of methoxy groups -OCH3 is 2. The van der Waals surface area contributed by atoms with Gasteiger partial charge in [-0.25, -0.2) is 0 Å². The van der Waals surface area contributed by atoms with Crippen LogP contribution in [-0.2, 0) is 0 Å². The first-order valence-electron chi connectivity index (χ1n) is 6.36. The molecule has 0 bridgehead atoms. The van der Waals surface area contributed by atoms with Gasteiger partial charge in [0.2, 0.25) is 0 Å². The lowest BCUT2D eigenvalue weighted by Gasteiger charge is -2.18. The fourth-order valence-corrected chi connectivity index (χ4v) is 1.95. The highest BCUT2D eigenvalue weighted by molar-refractivity contribution is 6.06. The van der Waals surface area contributed by atoms with Crippen LogP contribution in [0.4, 0.5) is 5.69 Å². The summed E-state index contributed by atoms with van der Waals surface area (Å²) >= 11 is 0. The lowest BCUT2D eigenvalue weighted by atomic mass is 10.1. The molecule has 2 rings (SSSR count). The second kappa shape index (κ2) is 6.17. The third-order valence-electron chi connectivity index (χ3n) is 3.17. The molecule has 21 heavy (non-hydrogen) atoms. The number of ether oxygens (including phenoxy) is 2. The molecule has 0 fully saturated rings. The van der Waals surface area contributed by atoms with Crippen LogP contribution >= 0.6 is 0 Å². The van der Waals surface area contributed by atoms with E-state index >= 15 is 0 Å². The van der Waals surface area contributed by atoms with E-state index in [9.17, 15) is 9.90 Å². The number of carbonyl (C=O) groups is 1. The summed E-state index contributed by atoms with van der Waals surface area (Å²) in [6.07, 6.45) is 0. The molecule has 5 nitrogen and oxygen atoms in total. The van der Waals surface area contributed by atoms with Gasteiger partial charge in [0.25, 0.3) is 5.91 Å². The van der Waals surface area contributed by atoms with Gasteiger partial charge in [-0.2, -0.15) is 0 Å². The van der Waals surface area contributed by atoms with Gasteiger partial charge in [0.1, 0.15) is 5.75 Å². The predicted octanol–water partition coefficient (Wildman–Crippen LogP) is 2.69. The van der Waals surface area contributed by atoms with Crippen molar-refractivity contribution in [3.8, 4) is 17.2 Å². The Morgan fingerprint density at radius 2 is 1.86 bits per heavy atom. The van der Waals surface area contributed by atoms with Crippen molar-refractivity contribution in [2.75, 3.05) is 26.2 Å². The molecular formula is C16H17NO4. The van der Waals surface area contributed by atoms with E-state index in [1.807, 2.05) is 12.1 Å². The number of aromatic hydroxyl groups is 1. The largest absolute Gasteiger partial charge is 0.504 e. The predicted molar refractivity (Wildman–Crippen MR) is 80.4 cm³/mol. The number of phenols is 1. The standard InChI is InChI=1S/C16H17NO4/c1-17(12-5-4-6-13(10-12)20-2)16(19)11-7-8-15(21-3)14(18)9-11/h4-10,18H,1-3H3. The van der Waals surface area contributed by atoms with Crippen molar-refractivity contribution in [1.82, 2.24) is 0 Å². The summed E-state index contributed by atoms with van der Waals surface area (Å²) in [6, 6.07) is 11.7. The van der Waals surface area contributed by atoms with Crippen LogP contribution in [-0.4, -0.2) is 32.3 Å². The summed E-state index contributed by atoms with van der Waals surface area (Å²) in [4.78, 5) is 13.9. The van der Waals surface area contributed by atoms with Crippen LogP contribution < -0.4 is 14.4 Å². The molecule has 0 aliphatic heterocycles. The first kappa shape index (κ1) is 14.7. The highest BCUT2D eigenvalue weighted by atomic mass is 16.5. The van der Waals surface area contributed by atoms with Crippen LogP contribution in [0.2, 0.25) is 0 Å². The van der Waals surface area contributed by atoms with Crippen molar-refractivity contribution in [1.29, 1.82) is 0 Å². The van der Waals surface area contributed by atoms with E-state index in [4.69, 9.17) is 9.47 Å². The zero-order valence-electron chi connectivity index (χ0n) is 12.2. The van der Waals surface area contributed by atoms with E-state index in [2.05, 4.69) is 0 Å². The molecule has 0 aliphatic rings. The van der Waals surface area contributed by atoms with Gasteiger partial charge in [-0.05, 0) is 30.3 Å². The molecule has 0 saturated carbocycles. The Morgan fingerprint density at radius 1 is 1.10 bits per heavy atom. The lowest BCUT2D eigenvalue weighted by molar-refractivity contribution is 0.0992. The minimum Gasteiger partial charge on any atom is -0.504 e. The first-order chi connectivity index (χ1) is 10.1. The highest BCUT2D eigenvalue weighted by Crippen LogP contribution is 2.28. The number of benzene rings is 2. The van der Waals surface area contributed by atoms with Crippen molar-refractivity contribution in [2.45, 2.75) is 0 Å². The normalized spacial score (nSPS) is 10.0. The van der Waals surface area contributed by atoms with E-state index in [1.54, 1.807) is 38.4 Å². The van der Waals surface area contributed by atoms with Crippen LogP contribution in [0.3, 0.4) is 0 Å². The van der Waals surface area contributed by atoms with Gasteiger partial charge in [-0.1, -0.05) is 6.07 Å². The van der Waals surface area contributed by atoms with E-state index in [-0.39, 0.29) is 11.7 Å². The molecule has 110 valence electrons. The monoisotopic (exact) mass is 287 g/mol. The molecule has 0 aliphatic carbocycles. The quantitative estimate of drug-likeness (QED) is 0.939. The molecule has 2 aromatic carbocycles. The number of anilines is 1. The number of carbonyl (C=O) groups excluding carboxylic acids is 1. The lowest BCUT2D eigenvalue weighted by Crippen LogP contribution is -2.26. The van der Waals surface area contributed by atoms with E-state index in [0.717, 1.165) is 0 Å². The Labute approximate surface area is 123 Å². The van der Waals surface area contributed by atoms with Gasteiger partial charge in [-0.15, -0.1) is 0 Å². The van der Waals surface area contributed by atoms with Crippen molar-refractivity contribution in [3.63, 3.8) is 0 Å². The minimum absolute atomic E-state index is 0.0672. The topological polar surface area (TPSA) is 59.0 Å². The third-order valence-corrected chi connectivity index (χ3v) is 3.17. The maximum atomic E-state index is 12.4. The van der Waals surface area contributed by atoms with Crippen molar-refractivity contribution >= 4 is 11.6 Å². The highest BCUT2D eigenvalue weighted by Gasteiger charge is 2.15. The number of hydrogen-bond acceptors (Lipinski definition) is 4. The Balaban J connectivity index is 2.28. The second-order valence-corrected chi connectivity index (χ2v) is 4.45. The number of rotatable bonds is 4. The average molecular weight is 287 g/mol. The van der Waals surface area contributed by atoms with Crippen LogP contribution in [0.15, 0.2) is 42.5 Å². The summed E-state index contributed by atoms with van der Waals surface area (Å²) in [5.74, 6) is 0.698. The maximum absolute atomic E-state index is 12.4. The summed E-state index contributed by atoms with van der Waals surface area (Å²) in [5, 5.41) is 9.76. The summed E-state index contributed by atoms with van der Waals surface area (Å²) in [5.41, 5.74) is 1.08. The number of amides is 1. The van der Waals surface area contributed by atoms with Crippen LogP contribution in [0, 0.1) is 0 Å². The smallest absolute Gasteiger partial charge is 0.258 e. The fourth-order valence-electron chi connectivity index (χ4n) is 1.95. The summed E-state index contributed by atoms with van der Waals surface area (Å²) in [6.45, 7) is 0. The number of hydrogen-bond donors (Lipinski definition) is 1. The van der Waals surface area contributed by atoms with Gasteiger partial charge < -0.3 is 19.5 Å². The Kier molecular flexibility index (Phi) is 4.33. The summed E-state index contributed by atoms with van der Waals surface area (Å²) in [7, 11) is 4.69. The molecule has 0 unspecified atom stereocenters. The molecule has 0 spiro atoms. The molecular weight excluding hydrogens is 270 g/mol. The molecule has 5 heteroatoms. The molecule has 1 amide bonds. The first-order valence-corrected chi connectivity index (χ1v) is 6.36. The number of nitrogens with zero attached hydrogens (tertiary/aromatic N) is 1. The number of phenolic OH excluding ortho intramolecular Hbond substituents is 1. The van der Waals surface area contributed by atoms with Crippen LogP contribution in [0.1, 0.15) is 10.4 Å². The van der Waals surface area contributed by atoms with Gasteiger partial charge >= 0.3 is 0 Å². The van der Waals surface area contributed by atoms with Gasteiger partial charge in [-0.3, -0.25) is 4.79 Å². The molecule has 0 heterocycles. The van der Waals surface area contributed by atoms with Crippen LogP contribution in [0.5, 0.6) is 17.2 Å². The molecule has 0 radical (unpaired) electrons. The third kappa shape index (κ3) is 3.08. The second-order valence-electron chi connectivity index (χ2n) is 4.45. The molecule has 0 atom stereocenters. The van der Waals surface area contributed by atoms with Crippen molar-refractivity contribution in [3.05, 3.63) is 48.0 Å². The van der Waals surface area contributed by atoms with E-state index in [1.165, 1.54) is 18.1 Å². The zero-order chi connectivity index (χ0) is 15.4. The Hall–Kier alpha value is -2.69. The molecule has 2 aromatic rings. The van der Waals surface area contributed by atoms with E-state index < -0.39 is 0 Å². The van der Waals surface area contributed by atoms with Gasteiger partial charge in [0.15, 0.2) is 11.5 Å². The van der Waals surface area contributed by atoms with Crippen molar-refractivity contribution < 1.29 is 19.4 Å². The molecule has 0 aromatic heterocycles. The van der Waals surface area contributed by atoms with Crippen molar-refractivity contribution in [2.24, 2.45) is 0 Å². The Morgan fingerprint density at radius 3 is 2.48 bits per heavy atom. The van der Waals surface area contributed by atoms with E-state index in [0.29, 0.717) is 22.7 Å².